The summed E-state index contributed by atoms with van der Waals surface area (Å²) in [5, 5.41) is 18.2. The monoisotopic (exact) mass is 169 g/mol. The van der Waals surface area contributed by atoms with Crippen LogP contribution in [-0.4, -0.2) is 29.3 Å². The highest BCUT2D eigenvalue weighted by atomic mass is 16.3. The molecular formula is C8H11NO3. The predicted molar refractivity (Wildman–Crippen MR) is 44.0 cm³/mol. The molecule has 12 heavy (non-hydrogen) atoms. The average molecular weight is 169 g/mol. The summed E-state index contributed by atoms with van der Waals surface area (Å²) in [7, 11) is 0. The first kappa shape index (κ1) is 8.93. The van der Waals surface area contributed by atoms with Crippen LogP contribution >= 0.6 is 0 Å². The molecule has 1 aliphatic rings. The zero-order valence-electron chi connectivity index (χ0n) is 6.77. The van der Waals surface area contributed by atoms with Crippen molar-refractivity contribution in [2.45, 2.75) is 6.92 Å². The summed E-state index contributed by atoms with van der Waals surface area (Å²) in [6.07, 6.45) is 2.12. The van der Waals surface area contributed by atoms with E-state index in [0.717, 1.165) is 0 Å². The second kappa shape index (κ2) is 3.49. The highest BCUT2D eigenvalue weighted by Crippen LogP contribution is 2.23. The molecule has 0 spiro atoms. The normalized spacial score (nSPS) is 29.2. The van der Waals surface area contributed by atoms with Crippen molar-refractivity contribution in [3.8, 4) is 0 Å². The molecule has 4 nitrogen and oxygen atoms in total. The molecule has 0 aromatic heterocycles. The van der Waals surface area contributed by atoms with Crippen LogP contribution in [0, 0.1) is 11.8 Å². The lowest BCUT2D eigenvalue weighted by Crippen LogP contribution is -2.26. The standard InChI is InChI=1S/C8H11NO3/c1-5-8(12)7(4-11)6(3-10)2-9-5/h2,4,6-7,10,12H,3H2,1H3. The Morgan fingerprint density at radius 2 is 2.42 bits per heavy atom. The molecule has 4 heteroatoms. The van der Waals surface area contributed by atoms with E-state index in [1.165, 1.54) is 6.21 Å². The minimum absolute atomic E-state index is 0.0356. The van der Waals surface area contributed by atoms with Crippen LogP contribution in [0.4, 0.5) is 0 Å². The first-order valence-electron chi connectivity index (χ1n) is 3.70. The molecule has 1 aliphatic heterocycles. The SMILES string of the molecule is CC1=C(O)C(C=O)C(CO)C=N1. The van der Waals surface area contributed by atoms with E-state index >= 15 is 0 Å². The number of aliphatic imine (C=N–C) groups is 1. The Balaban J connectivity index is 2.92. The van der Waals surface area contributed by atoms with Crippen molar-refractivity contribution in [3.63, 3.8) is 0 Å². The summed E-state index contributed by atoms with van der Waals surface area (Å²) >= 11 is 0. The lowest BCUT2D eigenvalue weighted by atomic mass is 9.91. The Morgan fingerprint density at radius 3 is 2.92 bits per heavy atom. The molecule has 0 radical (unpaired) electrons. The maximum atomic E-state index is 10.5. The van der Waals surface area contributed by atoms with Crippen LogP contribution in [0.3, 0.4) is 0 Å². The zero-order valence-corrected chi connectivity index (χ0v) is 6.77. The third-order valence-electron chi connectivity index (χ3n) is 1.96. The number of aliphatic hydroxyl groups is 2. The Hall–Kier alpha value is -1.16. The summed E-state index contributed by atoms with van der Waals surface area (Å²) in [6, 6.07) is 0. The Kier molecular flexibility index (Phi) is 2.60. The van der Waals surface area contributed by atoms with Gasteiger partial charge in [0.25, 0.3) is 0 Å². The van der Waals surface area contributed by atoms with E-state index < -0.39 is 5.92 Å². The molecule has 2 unspecified atom stereocenters. The van der Waals surface area contributed by atoms with Gasteiger partial charge in [-0.3, -0.25) is 4.99 Å². The van der Waals surface area contributed by atoms with Gasteiger partial charge in [-0.05, 0) is 6.92 Å². The number of hydrogen-bond acceptors (Lipinski definition) is 4. The highest BCUT2D eigenvalue weighted by Gasteiger charge is 2.27. The maximum Gasteiger partial charge on any atom is 0.131 e. The molecule has 66 valence electrons. The van der Waals surface area contributed by atoms with E-state index in [9.17, 15) is 9.90 Å². The molecule has 2 N–H and O–H groups in total. The third-order valence-corrected chi connectivity index (χ3v) is 1.96. The molecule has 0 aromatic rings. The number of hydrogen-bond donors (Lipinski definition) is 2. The largest absolute Gasteiger partial charge is 0.510 e. The van der Waals surface area contributed by atoms with Crippen LogP contribution in [0.2, 0.25) is 0 Å². The zero-order chi connectivity index (χ0) is 9.14. The van der Waals surface area contributed by atoms with Crippen LogP contribution in [0.25, 0.3) is 0 Å². The highest BCUT2D eigenvalue weighted by molar-refractivity contribution is 5.73. The van der Waals surface area contributed by atoms with E-state index in [1.807, 2.05) is 0 Å². The van der Waals surface area contributed by atoms with Crippen molar-refractivity contribution in [2.24, 2.45) is 16.8 Å². The van der Waals surface area contributed by atoms with Gasteiger partial charge in [-0.15, -0.1) is 0 Å². The number of allylic oxidation sites excluding steroid dienone is 2. The molecule has 0 saturated heterocycles. The Labute approximate surface area is 70.2 Å². The molecule has 0 bridgehead atoms. The molecule has 0 saturated carbocycles. The molecule has 1 rings (SSSR count). The van der Waals surface area contributed by atoms with Crippen molar-refractivity contribution in [1.82, 2.24) is 0 Å². The van der Waals surface area contributed by atoms with Crippen LogP contribution in [0.15, 0.2) is 16.4 Å². The van der Waals surface area contributed by atoms with E-state index in [-0.39, 0.29) is 18.3 Å². The van der Waals surface area contributed by atoms with Gasteiger partial charge in [0.15, 0.2) is 0 Å². The molecule has 2 atom stereocenters. The van der Waals surface area contributed by atoms with Gasteiger partial charge in [0.1, 0.15) is 12.0 Å². The lowest BCUT2D eigenvalue weighted by Gasteiger charge is -2.20. The van der Waals surface area contributed by atoms with Crippen LogP contribution in [0.1, 0.15) is 6.92 Å². The number of rotatable bonds is 2. The van der Waals surface area contributed by atoms with Gasteiger partial charge >= 0.3 is 0 Å². The summed E-state index contributed by atoms with van der Waals surface area (Å²) in [4.78, 5) is 14.4. The number of nitrogens with zero attached hydrogens (tertiary/aromatic N) is 1. The van der Waals surface area contributed by atoms with Crippen molar-refractivity contribution in [2.75, 3.05) is 6.61 Å². The van der Waals surface area contributed by atoms with Crippen molar-refractivity contribution < 1.29 is 15.0 Å². The summed E-state index contributed by atoms with van der Waals surface area (Å²) in [5.74, 6) is -1.05. The van der Waals surface area contributed by atoms with Crippen molar-refractivity contribution in [1.29, 1.82) is 0 Å². The second-order valence-corrected chi connectivity index (χ2v) is 2.76. The minimum atomic E-state index is -0.632. The van der Waals surface area contributed by atoms with E-state index in [2.05, 4.69) is 4.99 Å². The number of carbonyl (C=O) groups excluding carboxylic acids is 1. The molecule has 0 aromatic carbocycles. The predicted octanol–water partition coefficient (Wildman–Crippen LogP) is 0.284. The van der Waals surface area contributed by atoms with E-state index in [1.54, 1.807) is 6.92 Å². The third kappa shape index (κ3) is 1.38. The summed E-state index contributed by atoms with van der Waals surface area (Å²) in [6.45, 7) is 1.44. The molecule has 0 fully saturated rings. The molecule has 1 heterocycles. The van der Waals surface area contributed by atoms with Gasteiger partial charge in [0.05, 0.1) is 18.2 Å². The van der Waals surface area contributed by atoms with Crippen LogP contribution in [0.5, 0.6) is 0 Å². The van der Waals surface area contributed by atoms with Gasteiger partial charge in [-0.2, -0.15) is 0 Å². The number of aliphatic hydroxyl groups excluding tert-OH is 2. The van der Waals surface area contributed by atoms with Gasteiger partial charge in [-0.25, -0.2) is 0 Å². The minimum Gasteiger partial charge on any atom is -0.510 e. The van der Waals surface area contributed by atoms with Gasteiger partial charge < -0.3 is 15.0 Å². The van der Waals surface area contributed by atoms with Crippen LogP contribution < -0.4 is 0 Å². The number of aldehydes is 1. The van der Waals surface area contributed by atoms with Gasteiger partial charge in [-0.1, -0.05) is 0 Å². The average Bonchev–Trinajstić information content (AvgIpc) is 2.09. The Bertz CT molecular complexity index is 245. The quantitative estimate of drug-likeness (QED) is 0.583. The fraction of sp³-hybridized carbons (Fsp3) is 0.500. The fourth-order valence-electron chi connectivity index (χ4n) is 1.14. The second-order valence-electron chi connectivity index (χ2n) is 2.76. The van der Waals surface area contributed by atoms with Crippen LogP contribution in [-0.2, 0) is 4.79 Å². The van der Waals surface area contributed by atoms with E-state index in [4.69, 9.17) is 5.11 Å². The number of carbonyl (C=O) groups is 1. The smallest absolute Gasteiger partial charge is 0.131 e. The first-order valence-corrected chi connectivity index (χ1v) is 3.70. The van der Waals surface area contributed by atoms with Crippen molar-refractivity contribution >= 4 is 12.5 Å². The van der Waals surface area contributed by atoms with Gasteiger partial charge in [0.2, 0.25) is 0 Å². The molecular weight excluding hydrogens is 158 g/mol. The molecule has 0 aliphatic carbocycles. The maximum absolute atomic E-state index is 10.5. The Morgan fingerprint density at radius 1 is 1.75 bits per heavy atom. The van der Waals surface area contributed by atoms with Crippen molar-refractivity contribution in [3.05, 3.63) is 11.5 Å². The summed E-state index contributed by atoms with van der Waals surface area (Å²) < 4.78 is 0. The lowest BCUT2D eigenvalue weighted by molar-refractivity contribution is -0.112. The van der Waals surface area contributed by atoms with E-state index in [0.29, 0.717) is 12.0 Å². The fourth-order valence-corrected chi connectivity index (χ4v) is 1.14. The topological polar surface area (TPSA) is 69.9 Å². The summed E-state index contributed by atoms with van der Waals surface area (Å²) in [5.41, 5.74) is 0.441. The van der Waals surface area contributed by atoms with Gasteiger partial charge in [0, 0.05) is 12.1 Å². The molecule has 0 amide bonds. The first-order chi connectivity index (χ1) is 5.70.